The van der Waals surface area contributed by atoms with Crippen LogP contribution in [0.1, 0.15) is 68.8 Å². The van der Waals surface area contributed by atoms with E-state index in [0.29, 0.717) is 31.0 Å². The Labute approximate surface area is 321 Å². The Kier molecular flexibility index (Phi) is 3.95. The van der Waals surface area contributed by atoms with Crippen LogP contribution in [0, 0.1) is 12.8 Å². The minimum absolute atomic E-state index is 0.0316. The Morgan fingerprint density at radius 1 is 0.696 bits per heavy atom. The standard InChI is InChI=1S/C53H35NO2/c1-20-5-3-4-6-28(20)52-53-18-27-16-25-14-22-11-21-12-24-13-23-15-26-17-29(30(53)19-54(52)7-8-56-10-9-55-2)38-43-34(26)33(23)40-35(24)39-31(21)32(22)41-36(25)42-37(27)51(53)50(38)49-47(42)45(41)44(39)46(40)48(43)49/h3-6,11-14,16,30-32,52H,7-10,15,17-19H2,1-2H3. The summed E-state index contributed by atoms with van der Waals surface area (Å²) in [6, 6.07) is 15.1. The third-order valence-corrected chi connectivity index (χ3v) is 17.8. The number of benzene rings is 6. The molecule has 0 bridgehead atoms. The number of ether oxygens (including phenoxy) is 2. The minimum Gasteiger partial charge on any atom is -0.382 e. The van der Waals surface area contributed by atoms with Gasteiger partial charge in [-0.1, -0.05) is 65.8 Å². The second kappa shape index (κ2) is 8.04. The normalized spacial score (nSPS) is 27.5. The third-order valence-electron chi connectivity index (χ3n) is 17.8. The molecule has 8 aliphatic carbocycles. The van der Waals surface area contributed by atoms with Crippen molar-refractivity contribution in [1.29, 1.82) is 0 Å². The summed E-state index contributed by atoms with van der Waals surface area (Å²) in [5.74, 6) is 1.35. The maximum absolute atomic E-state index is 6.30. The number of allylic oxidation sites excluding steroid dienone is 3. The molecule has 3 heteroatoms. The lowest BCUT2D eigenvalue weighted by atomic mass is 9.59. The van der Waals surface area contributed by atoms with E-state index in [1.807, 2.05) is 0 Å². The maximum Gasteiger partial charge on any atom is 0.0700 e. The van der Waals surface area contributed by atoms with Gasteiger partial charge in [-0.2, -0.15) is 0 Å². The van der Waals surface area contributed by atoms with Gasteiger partial charge >= 0.3 is 0 Å². The van der Waals surface area contributed by atoms with Crippen molar-refractivity contribution in [3.8, 4) is 0 Å². The summed E-state index contributed by atoms with van der Waals surface area (Å²) in [7, 11) is 1.77. The molecule has 56 heavy (non-hydrogen) atoms. The molecule has 264 valence electrons. The van der Waals surface area contributed by atoms with Gasteiger partial charge in [-0.15, -0.1) is 0 Å². The number of aryl methyl sites for hydroxylation is 1. The molecule has 9 aromatic carbocycles. The zero-order valence-electron chi connectivity index (χ0n) is 31.4. The van der Waals surface area contributed by atoms with Gasteiger partial charge in [-0.05, 0) is 173 Å². The van der Waals surface area contributed by atoms with Crippen molar-refractivity contribution in [2.24, 2.45) is 5.92 Å². The van der Waals surface area contributed by atoms with Crippen molar-refractivity contribution in [3.63, 3.8) is 0 Å². The van der Waals surface area contributed by atoms with Crippen molar-refractivity contribution in [2.75, 3.05) is 40.0 Å². The number of likely N-dealkylation sites (tertiary alicyclic amines) is 1. The highest BCUT2D eigenvalue weighted by Crippen LogP contribution is 2.72. The molecule has 1 aliphatic heterocycles. The number of nitrogens with zero attached hydrogens (tertiary/aromatic N) is 1. The summed E-state index contributed by atoms with van der Waals surface area (Å²) in [6.45, 7) is 6.43. The number of hydrogen-bond donors (Lipinski definition) is 0. The van der Waals surface area contributed by atoms with Gasteiger partial charge in [-0.3, -0.25) is 4.90 Å². The molecule has 1 saturated heterocycles. The first-order valence-corrected chi connectivity index (χ1v) is 21.3. The van der Waals surface area contributed by atoms with Gasteiger partial charge in [0.15, 0.2) is 0 Å². The van der Waals surface area contributed by atoms with E-state index in [4.69, 9.17) is 9.47 Å². The Hall–Kier alpha value is -5.06. The molecule has 9 aliphatic rings. The van der Waals surface area contributed by atoms with E-state index < -0.39 is 0 Å². The van der Waals surface area contributed by atoms with Crippen LogP contribution >= 0.6 is 0 Å². The lowest BCUT2D eigenvalue weighted by Gasteiger charge is -2.43. The molecule has 5 unspecified atom stereocenters. The SMILES string of the molecule is COCCOCCN1CC2C3=c4c5c6c7c(cc8c9c%10c%11c%12c%13c%14c(cc%15c%16c(c4c(c5c%11c79)c%12c%14%16)=C(C3)C%15)=CC3=CC(=C8)C%10C3%13)CC62C1c1ccccc1C. The predicted molar refractivity (Wildman–Crippen MR) is 226 cm³/mol. The monoisotopic (exact) mass is 717 g/mol. The molecule has 3 nitrogen and oxygen atoms in total. The Bertz CT molecular complexity index is 3820. The fourth-order valence-corrected chi connectivity index (χ4v) is 16.6. The smallest absolute Gasteiger partial charge is 0.0700 e. The Balaban J connectivity index is 1.10. The summed E-state index contributed by atoms with van der Waals surface area (Å²) >= 11 is 0. The van der Waals surface area contributed by atoms with Gasteiger partial charge in [0, 0.05) is 49.4 Å². The van der Waals surface area contributed by atoms with Crippen LogP contribution in [0.25, 0.3) is 98.7 Å². The highest BCUT2D eigenvalue weighted by atomic mass is 16.5. The third kappa shape index (κ3) is 2.33. The summed E-state index contributed by atoms with van der Waals surface area (Å²) in [6.07, 6.45) is 11.3. The molecular formula is C53H35NO2. The first kappa shape index (κ1) is 27.5. The van der Waals surface area contributed by atoms with E-state index in [9.17, 15) is 0 Å². The molecule has 1 spiro atoms. The van der Waals surface area contributed by atoms with Crippen LogP contribution in [0.2, 0.25) is 0 Å². The van der Waals surface area contributed by atoms with E-state index in [-0.39, 0.29) is 11.5 Å². The topological polar surface area (TPSA) is 21.7 Å². The molecule has 5 atom stereocenters. The van der Waals surface area contributed by atoms with E-state index in [1.165, 1.54) is 21.9 Å². The van der Waals surface area contributed by atoms with Crippen molar-refractivity contribution in [3.05, 3.63) is 114 Å². The predicted octanol–water partition coefficient (Wildman–Crippen LogP) is 8.25. The lowest BCUT2D eigenvalue weighted by molar-refractivity contribution is 0.0524. The van der Waals surface area contributed by atoms with E-state index in [2.05, 4.69) is 66.4 Å². The van der Waals surface area contributed by atoms with Gasteiger partial charge in [0.1, 0.15) is 0 Å². The van der Waals surface area contributed by atoms with Gasteiger partial charge in [0.2, 0.25) is 0 Å². The molecule has 0 radical (unpaired) electrons. The van der Waals surface area contributed by atoms with Crippen LogP contribution in [0.5, 0.6) is 0 Å². The van der Waals surface area contributed by atoms with Gasteiger partial charge in [-0.25, -0.2) is 0 Å². The summed E-state index contributed by atoms with van der Waals surface area (Å²) < 4.78 is 11.7. The largest absolute Gasteiger partial charge is 0.382 e. The second-order valence-electron chi connectivity index (χ2n) is 19.5. The van der Waals surface area contributed by atoms with Crippen LogP contribution in [0.3, 0.4) is 0 Å². The Morgan fingerprint density at radius 3 is 2.36 bits per heavy atom. The van der Waals surface area contributed by atoms with Crippen molar-refractivity contribution in [1.82, 2.24) is 4.90 Å². The van der Waals surface area contributed by atoms with Gasteiger partial charge in [0.05, 0.1) is 19.8 Å². The number of methoxy groups -OCH3 is 1. The highest BCUT2D eigenvalue weighted by Gasteiger charge is 2.63. The molecule has 0 amide bonds. The molecule has 9 aromatic rings. The Morgan fingerprint density at radius 2 is 1.48 bits per heavy atom. The first-order chi connectivity index (χ1) is 27.7. The number of fused-ring (bicyclic) bond motifs is 1. The van der Waals surface area contributed by atoms with Crippen LogP contribution in [-0.2, 0) is 27.7 Å². The fourth-order valence-electron chi connectivity index (χ4n) is 16.6. The lowest BCUT2D eigenvalue weighted by Crippen LogP contribution is -2.44. The molecule has 0 N–H and O–H groups in total. The average molecular weight is 718 g/mol. The quantitative estimate of drug-likeness (QED) is 0.123. The van der Waals surface area contributed by atoms with Gasteiger partial charge < -0.3 is 9.47 Å². The summed E-state index contributed by atoms with van der Waals surface area (Å²) in [4.78, 5) is 2.89. The molecule has 1 fully saturated rings. The van der Waals surface area contributed by atoms with Crippen molar-refractivity contribution >= 4 is 98.7 Å². The first-order valence-electron chi connectivity index (χ1n) is 21.3. The van der Waals surface area contributed by atoms with Crippen LogP contribution in [0.15, 0.2) is 53.6 Å². The highest BCUT2D eigenvalue weighted by molar-refractivity contribution is 6.53. The van der Waals surface area contributed by atoms with Gasteiger partial charge in [0.25, 0.3) is 0 Å². The zero-order valence-corrected chi connectivity index (χ0v) is 31.4. The van der Waals surface area contributed by atoms with E-state index in [1.54, 1.807) is 143 Å². The van der Waals surface area contributed by atoms with Crippen molar-refractivity contribution < 1.29 is 9.47 Å². The van der Waals surface area contributed by atoms with Crippen LogP contribution < -0.4 is 15.7 Å². The molecule has 18 rings (SSSR count). The average Bonchev–Trinajstić information content (AvgIpc) is 4.05. The maximum atomic E-state index is 6.30. The fraction of sp³-hybridized carbons (Fsp3) is 0.283. The molecular weight excluding hydrogens is 683 g/mol. The molecule has 0 saturated carbocycles. The summed E-state index contributed by atoms with van der Waals surface area (Å²) in [5.41, 5.74) is 19.4. The number of hydrogen-bond acceptors (Lipinski definition) is 3. The van der Waals surface area contributed by atoms with Crippen LogP contribution in [0.4, 0.5) is 0 Å². The minimum atomic E-state index is -0.0316. The van der Waals surface area contributed by atoms with Crippen molar-refractivity contribution in [2.45, 2.75) is 49.5 Å². The molecule has 1 heterocycles. The summed E-state index contributed by atoms with van der Waals surface area (Å²) in [5, 5.41) is 28.0. The number of rotatable bonds is 7. The van der Waals surface area contributed by atoms with E-state index in [0.717, 1.165) is 39.0 Å². The zero-order chi connectivity index (χ0) is 35.6. The van der Waals surface area contributed by atoms with Crippen LogP contribution in [-0.4, -0.2) is 44.9 Å². The van der Waals surface area contributed by atoms with E-state index >= 15 is 0 Å². The second-order valence-corrected chi connectivity index (χ2v) is 19.5. The molecule has 0 aromatic heterocycles.